The van der Waals surface area contributed by atoms with E-state index in [2.05, 4.69) is 4.99 Å². The SMILES string of the molecule is CCOC(=O)C(C)(CC(F)F)N=C(c1ccccc1)c1ccccc1. The molecule has 132 valence electrons. The van der Waals surface area contributed by atoms with Crippen molar-refractivity contribution in [2.45, 2.75) is 32.2 Å². The molecule has 0 saturated heterocycles. The zero-order chi connectivity index (χ0) is 18.3. The Balaban J connectivity index is 2.58. The molecule has 5 heteroatoms. The summed E-state index contributed by atoms with van der Waals surface area (Å²) in [5.74, 6) is -0.750. The van der Waals surface area contributed by atoms with Crippen LogP contribution in [-0.2, 0) is 9.53 Å². The predicted octanol–water partition coefficient (Wildman–Crippen LogP) is 4.50. The topological polar surface area (TPSA) is 38.7 Å². The van der Waals surface area contributed by atoms with Gasteiger partial charge in [0.25, 0.3) is 0 Å². The average molecular weight is 345 g/mol. The Bertz CT molecular complexity index is 675. The maximum atomic E-state index is 13.1. The highest BCUT2D eigenvalue weighted by atomic mass is 19.3. The monoisotopic (exact) mass is 345 g/mol. The van der Waals surface area contributed by atoms with Crippen LogP contribution < -0.4 is 0 Å². The molecule has 0 aliphatic rings. The molecule has 0 fully saturated rings. The smallest absolute Gasteiger partial charge is 0.333 e. The number of aliphatic imine (C=N–C) groups is 1. The second-order valence-corrected chi connectivity index (χ2v) is 5.78. The Morgan fingerprint density at radius 3 is 1.92 bits per heavy atom. The van der Waals surface area contributed by atoms with Crippen molar-refractivity contribution < 1.29 is 18.3 Å². The molecule has 0 aliphatic heterocycles. The highest BCUT2D eigenvalue weighted by molar-refractivity contribution is 6.13. The number of nitrogens with zero attached hydrogens (tertiary/aromatic N) is 1. The van der Waals surface area contributed by atoms with Crippen LogP contribution in [0.4, 0.5) is 8.78 Å². The van der Waals surface area contributed by atoms with Crippen molar-refractivity contribution in [3.05, 3.63) is 71.8 Å². The molecular formula is C20H21F2NO2. The van der Waals surface area contributed by atoms with E-state index in [-0.39, 0.29) is 6.61 Å². The quantitative estimate of drug-likeness (QED) is 0.547. The number of benzene rings is 2. The largest absolute Gasteiger partial charge is 0.464 e. The van der Waals surface area contributed by atoms with Crippen LogP contribution in [0.15, 0.2) is 65.7 Å². The van der Waals surface area contributed by atoms with Gasteiger partial charge in [0.05, 0.1) is 12.3 Å². The van der Waals surface area contributed by atoms with Gasteiger partial charge >= 0.3 is 5.97 Å². The number of ether oxygens (including phenoxy) is 1. The molecule has 2 aromatic carbocycles. The molecule has 0 saturated carbocycles. The molecule has 2 aromatic rings. The highest BCUT2D eigenvalue weighted by Crippen LogP contribution is 2.25. The Hall–Kier alpha value is -2.56. The van der Waals surface area contributed by atoms with Gasteiger partial charge < -0.3 is 4.74 Å². The molecule has 0 N–H and O–H groups in total. The lowest BCUT2D eigenvalue weighted by Crippen LogP contribution is -2.38. The third kappa shape index (κ3) is 4.95. The van der Waals surface area contributed by atoms with Crippen LogP contribution in [-0.4, -0.2) is 30.3 Å². The van der Waals surface area contributed by atoms with E-state index < -0.39 is 24.4 Å². The number of hydrogen-bond acceptors (Lipinski definition) is 3. The van der Waals surface area contributed by atoms with Crippen molar-refractivity contribution in [1.82, 2.24) is 0 Å². The summed E-state index contributed by atoms with van der Waals surface area (Å²) in [4.78, 5) is 16.8. The third-order valence-electron chi connectivity index (χ3n) is 3.72. The fourth-order valence-corrected chi connectivity index (χ4v) is 2.50. The van der Waals surface area contributed by atoms with Gasteiger partial charge in [-0.2, -0.15) is 0 Å². The maximum Gasteiger partial charge on any atom is 0.333 e. The second-order valence-electron chi connectivity index (χ2n) is 5.78. The number of halogens is 2. The molecule has 0 spiro atoms. The summed E-state index contributed by atoms with van der Waals surface area (Å²) in [5.41, 5.74) is 0.319. The first-order valence-electron chi connectivity index (χ1n) is 8.12. The van der Waals surface area contributed by atoms with Crippen LogP contribution >= 0.6 is 0 Å². The minimum atomic E-state index is -2.68. The van der Waals surface area contributed by atoms with Gasteiger partial charge in [0, 0.05) is 17.5 Å². The first-order chi connectivity index (χ1) is 12.0. The van der Waals surface area contributed by atoms with Crippen LogP contribution in [0, 0.1) is 0 Å². The Morgan fingerprint density at radius 1 is 1.04 bits per heavy atom. The minimum absolute atomic E-state index is 0.110. The van der Waals surface area contributed by atoms with Gasteiger partial charge in [-0.3, -0.25) is 4.99 Å². The number of hydrogen-bond donors (Lipinski definition) is 0. The summed E-state index contributed by atoms with van der Waals surface area (Å²) in [5, 5.41) is 0. The van der Waals surface area contributed by atoms with E-state index in [0.29, 0.717) is 5.71 Å². The van der Waals surface area contributed by atoms with Crippen molar-refractivity contribution in [3.8, 4) is 0 Å². The third-order valence-corrected chi connectivity index (χ3v) is 3.72. The van der Waals surface area contributed by atoms with Crippen molar-refractivity contribution in [2.75, 3.05) is 6.61 Å². The van der Waals surface area contributed by atoms with Gasteiger partial charge in [-0.25, -0.2) is 13.6 Å². The van der Waals surface area contributed by atoms with Crippen molar-refractivity contribution in [2.24, 2.45) is 4.99 Å². The van der Waals surface area contributed by atoms with Gasteiger partial charge in [0.15, 0.2) is 5.54 Å². The van der Waals surface area contributed by atoms with Gasteiger partial charge in [-0.15, -0.1) is 0 Å². The Morgan fingerprint density at radius 2 is 1.52 bits per heavy atom. The number of esters is 1. The fraction of sp³-hybridized carbons (Fsp3) is 0.300. The lowest BCUT2D eigenvalue weighted by molar-refractivity contribution is -0.150. The zero-order valence-corrected chi connectivity index (χ0v) is 14.3. The normalized spacial score (nSPS) is 13.2. The molecule has 0 amide bonds. The fourth-order valence-electron chi connectivity index (χ4n) is 2.50. The summed E-state index contributed by atoms with van der Waals surface area (Å²) in [6, 6.07) is 18.4. The van der Waals surface area contributed by atoms with Gasteiger partial charge in [0.1, 0.15) is 0 Å². The Kier molecular flexibility index (Phi) is 6.39. The van der Waals surface area contributed by atoms with Gasteiger partial charge in [-0.05, 0) is 13.8 Å². The van der Waals surface area contributed by atoms with Crippen molar-refractivity contribution in [1.29, 1.82) is 0 Å². The van der Waals surface area contributed by atoms with E-state index >= 15 is 0 Å². The first-order valence-corrected chi connectivity index (χ1v) is 8.12. The maximum absolute atomic E-state index is 13.1. The molecule has 0 radical (unpaired) electrons. The van der Waals surface area contributed by atoms with Gasteiger partial charge in [0.2, 0.25) is 6.43 Å². The minimum Gasteiger partial charge on any atom is -0.464 e. The van der Waals surface area contributed by atoms with Crippen LogP contribution in [0.3, 0.4) is 0 Å². The molecule has 3 nitrogen and oxygen atoms in total. The van der Waals surface area contributed by atoms with E-state index in [1.54, 1.807) is 6.92 Å². The molecule has 1 unspecified atom stereocenters. The van der Waals surface area contributed by atoms with Crippen LogP contribution in [0.2, 0.25) is 0 Å². The van der Waals surface area contributed by atoms with Crippen molar-refractivity contribution in [3.63, 3.8) is 0 Å². The molecule has 0 heterocycles. The van der Waals surface area contributed by atoms with Crippen LogP contribution in [0.5, 0.6) is 0 Å². The van der Waals surface area contributed by atoms with Crippen LogP contribution in [0.1, 0.15) is 31.4 Å². The Labute approximate surface area is 146 Å². The summed E-state index contributed by atoms with van der Waals surface area (Å²) >= 11 is 0. The molecule has 0 aromatic heterocycles. The summed E-state index contributed by atoms with van der Waals surface area (Å²) in [6.45, 7) is 3.14. The van der Waals surface area contributed by atoms with E-state index in [1.807, 2.05) is 60.7 Å². The zero-order valence-electron chi connectivity index (χ0n) is 14.3. The predicted molar refractivity (Wildman–Crippen MR) is 94.2 cm³/mol. The second kappa shape index (κ2) is 8.51. The number of carbonyl (C=O) groups excluding carboxylic acids is 1. The molecular weight excluding hydrogens is 324 g/mol. The average Bonchev–Trinajstić information content (AvgIpc) is 2.61. The van der Waals surface area contributed by atoms with E-state index in [1.165, 1.54) is 6.92 Å². The lowest BCUT2D eigenvalue weighted by Gasteiger charge is -2.24. The summed E-state index contributed by atoms with van der Waals surface area (Å²) in [6.07, 6.45) is -3.37. The number of rotatable bonds is 7. The first kappa shape index (κ1) is 18.8. The van der Waals surface area contributed by atoms with Gasteiger partial charge in [-0.1, -0.05) is 60.7 Å². The molecule has 1 atom stereocenters. The van der Waals surface area contributed by atoms with Crippen LogP contribution in [0.25, 0.3) is 0 Å². The molecule has 0 bridgehead atoms. The summed E-state index contributed by atoms with van der Waals surface area (Å²) < 4.78 is 31.2. The highest BCUT2D eigenvalue weighted by Gasteiger charge is 2.38. The van der Waals surface area contributed by atoms with E-state index in [9.17, 15) is 13.6 Å². The lowest BCUT2D eigenvalue weighted by atomic mass is 9.95. The number of carbonyl (C=O) groups is 1. The molecule has 2 rings (SSSR count). The number of alkyl halides is 2. The van der Waals surface area contributed by atoms with E-state index in [4.69, 9.17) is 4.74 Å². The molecule has 0 aliphatic carbocycles. The van der Waals surface area contributed by atoms with Crippen molar-refractivity contribution >= 4 is 11.7 Å². The molecule has 25 heavy (non-hydrogen) atoms. The van der Waals surface area contributed by atoms with E-state index in [0.717, 1.165) is 11.1 Å². The standard InChI is InChI=1S/C20H21F2NO2/c1-3-25-19(24)20(2,14-17(21)22)23-18(15-10-6-4-7-11-15)16-12-8-5-9-13-16/h4-13,17H,3,14H2,1-2H3. The summed E-state index contributed by atoms with van der Waals surface area (Å²) in [7, 11) is 0.